The van der Waals surface area contributed by atoms with Gasteiger partial charge in [-0.15, -0.1) is 0 Å². The maximum atomic E-state index is 13.4. The van der Waals surface area contributed by atoms with Gasteiger partial charge in [0, 0.05) is 17.8 Å². The molecule has 0 radical (unpaired) electrons. The predicted molar refractivity (Wildman–Crippen MR) is 79.4 cm³/mol. The Balaban J connectivity index is 2.33. The molecule has 0 aliphatic heterocycles. The molecule has 4 nitrogen and oxygen atoms in total. The Morgan fingerprint density at radius 1 is 1.38 bits per heavy atom. The van der Waals surface area contributed by atoms with E-state index in [0.717, 1.165) is 6.42 Å². The molecule has 0 atom stereocenters. The van der Waals surface area contributed by atoms with Gasteiger partial charge in [0.05, 0.1) is 10.0 Å². The Morgan fingerprint density at radius 3 is 2.76 bits per heavy atom. The van der Waals surface area contributed by atoms with Gasteiger partial charge in [-0.2, -0.15) is 0 Å². The van der Waals surface area contributed by atoms with Gasteiger partial charge in [-0.25, -0.2) is 14.2 Å². The van der Waals surface area contributed by atoms with Crippen molar-refractivity contribution >= 4 is 21.9 Å². The molecule has 0 fully saturated rings. The molecule has 0 saturated heterocycles. The number of rotatable bonds is 5. The first-order valence-corrected chi connectivity index (χ1v) is 7.16. The Labute approximate surface area is 129 Å². The van der Waals surface area contributed by atoms with Gasteiger partial charge in [0.15, 0.2) is 0 Å². The standard InChI is InChI=1S/C15H13BrFNO3/c1-2-3-10-6-9(15(19)20)7-14(18-10)21-11-4-5-12(16)13(17)8-11/h4-8H,2-3H2,1H3,(H,19,20). The minimum atomic E-state index is -1.05. The first-order valence-electron chi connectivity index (χ1n) is 6.36. The zero-order chi connectivity index (χ0) is 15.4. The van der Waals surface area contributed by atoms with Gasteiger partial charge in [-0.1, -0.05) is 13.3 Å². The number of hydrogen-bond acceptors (Lipinski definition) is 3. The van der Waals surface area contributed by atoms with Crippen LogP contribution in [0.15, 0.2) is 34.8 Å². The lowest BCUT2D eigenvalue weighted by atomic mass is 10.1. The third kappa shape index (κ3) is 4.01. The van der Waals surface area contributed by atoms with E-state index in [0.29, 0.717) is 16.6 Å². The summed E-state index contributed by atoms with van der Waals surface area (Å²) in [6.45, 7) is 1.97. The molecule has 0 aliphatic carbocycles. The molecular formula is C15H13BrFNO3. The number of carboxylic acid groups (broad SMARTS) is 1. The molecule has 1 aromatic heterocycles. The highest BCUT2D eigenvalue weighted by atomic mass is 79.9. The second-order valence-electron chi connectivity index (χ2n) is 4.42. The van der Waals surface area contributed by atoms with Gasteiger partial charge in [0.25, 0.3) is 0 Å². The number of benzene rings is 1. The van der Waals surface area contributed by atoms with Crippen LogP contribution in [0.4, 0.5) is 4.39 Å². The van der Waals surface area contributed by atoms with Crippen molar-refractivity contribution in [2.45, 2.75) is 19.8 Å². The van der Waals surface area contributed by atoms with E-state index in [1.54, 1.807) is 6.07 Å². The molecule has 1 heterocycles. The fourth-order valence-corrected chi connectivity index (χ4v) is 2.03. The van der Waals surface area contributed by atoms with Crippen LogP contribution in [-0.2, 0) is 6.42 Å². The second-order valence-corrected chi connectivity index (χ2v) is 5.27. The van der Waals surface area contributed by atoms with Crippen LogP contribution in [0.1, 0.15) is 29.4 Å². The zero-order valence-electron chi connectivity index (χ0n) is 11.3. The number of aromatic carboxylic acids is 1. The molecule has 0 amide bonds. The highest BCUT2D eigenvalue weighted by Gasteiger charge is 2.10. The molecule has 110 valence electrons. The van der Waals surface area contributed by atoms with E-state index in [1.165, 1.54) is 24.3 Å². The third-order valence-electron chi connectivity index (χ3n) is 2.72. The van der Waals surface area contributed by atoms with Gasteiger partial charge in [0.1, 0.15) is 11.6 Å². The number of halogens is 2. The maximum absolute atomic E-state index is 13.4. The molecule has 0 spiro atoms. The van der Waals surface area contributed by atoms with E-state index in [2.05, 4.69) is 20.9 Å². The maximum Gasteiger partial charge on any atom is 0.335 e. The minimum absolute atomic E-state index is 0.0982. The Hall–Kier alpha value is -1.95. The van der Waals surface area contributed by atoms with Gasteiger partial charge >= 0.3 is 5.97 Å². The SMILES string of the molecule is CCCc1cc(C(=O)O)cc(Oc2ccc(Br)c(F)c2)n1. The van der Waals surface area contributed by atoms with Crippen LogP contribution >= 0.6 is 15.9 Å². The lowest BCUT2D eigenvalue weighted by molar-refractivity contribution is 0.0696. The highest BCUT2D eigenvalue weighted by molar-refractivity contribution is 9.10. The van der Waals surface area contributed by atoms with Crippen molar-refractivity contribution in [2.24, 2.45) is 0 Å². The molecule has 2 aromatic rings. The normalized spacial score (nSPS) is 10.4. The van der Waals surface area contributed by atoms with Gasteiger partial charge in [-0.05, 0) is 40.5 Å². The molecule has 21 heavy (non-hydrogen) atoms. The van der Waals surface area contributed by atoms with E-state index in [-0.39, 0.29) is 17.2 Å². The largest absolute Gasteiger partial charge is 0.478 e. The van der Waals surface area contributed by atoms with Crippen molar-refractivity contribution in [1.29, 1.82) is 0 Å². The van der Waals surface area contributed by atoms with Crippen molar-refractivity contribution in [3.8, 4) is 11.6 Å². The van der Waals surface area contributed by atoms with E-state index in [4.69, 9.17) is 9.84 Å². The average molecular weight is 354 g/mol. The summed E-state index contributed by atoms with van der Waals surface area (Å²) < 4.78 is 19.2. The number of carbonyl (C=O) groups is 1. The number of aromatic nitrogens is 1. The lowest BCUT2D eigenvalue weighted by Gasteiger charge is -2.08. The van der Waals surface area contributed by atoms with Crippen LogP contribution in [0.5, 0.6) is 11.6 Å². The summed E-state index contributed by atoms with van der Waals surface area (Å²) in [7, 11) is 0. The lowest BCUT2D eigenvalue weighted by Crippen LogP contribution is -2.02. The van der Waals surface area contributed by atoms with Crippen LogP contribution in [0.25, 0.3) is 0 Å². The summed E-state index contributed by atoms with van der Waals surface area (Å²) >= 11 is 3.05. The van der Waals surface area contributed by atoms with Crippen molar-refractivity contribution in [1.82, 2.24) is 4.98 Å². The first kappa shape index (κ1) is 15.4. The molecule has 1 N–H and O–H groups in total. The van der Waals surface area contributed by atoms with Crippen LogP contribution in [0.2, 0.25) is 0 Å². The minimum Gasteiger partial charge on any atom is -0.478 e. The molecule has 6 heteroatoms. The smallest absolute Gasteiger partial charge is 0.335 e. The summed E-state index contributed by atoms with van der Waals surface area (Å²) in [6.07, 6.45) is 1.48. The number of nitrogens with zero attached hydrogens (tertiary/aromatic N) is 1. The molecule has 0 unspecified atom stereocenters. The summed E-state index contributed by atoms with van der Waals surface area (Å²) in [6, 6.07) is 7.13. The number of aryl methyl sites for hydroxylation is 1. The number of carboxylic acids is 1. The monoisotopic (exact) mass is 353 g/mol. The summed E-state index contributed by atoms with van der Waals surface area (Å²) in [5.41, 5.74) is 0.728. The first-order chi connectivity index (χ1) is 9.99. The molecule has 0 aliphatic rings. The molecular weight excluding hydrogens is 341 g/mol. The van der Waals surface area contributed by atoms with Crippen molar-refractivity contribution in [3.63, 3.8) is 0 Å². The molecule has 1 aromatic carbocycles. The Kier molecular flexibility index (Phi) is 4.90. The van der Waals surface area contributed by atoms with E-state index in [1.807, 2.05) is 6.92 Å². The second kappa shape index (κ2) is 6.67. The molecule has 0 bridgehead atoms. The summed E-state index contributed by atoms with van der Waals surface area (Å²) in [4.78, 5) is 15.3. The fraction of sp³-hybridized carbons (Fsp3) is 0.200. The quantitative estimate of drug-likeness (QED) is 0.863. The molecule has 0 saturated carbocycles. The fourth-order valence-electron chi connectivity index (χ4n) is 1.78. The van der Waals surface area contributed by atoms with Crippen LogP contribution in [-0.4, -0.2) is 16.1 Å². The van der Waals surface area contributed by atoms with E-state index >= 15 is 0 Å². The topological polar surface area (TPSA) is 59.4 Å². The van der Waals surface area contributed by atoms with Gasteiger partial charge in [-0.3, -0.25) is 0 Å². The highest BCUT2D eigenvalue weighted by Crippen LogP contribution is 2.25. The number of pyridine rings is 1. The Morgan fingerprint density at radius 2 is 2.14 bits per heavy atom. The van der Waals surface area contributed by atoms with Crippen LogP contribution in [0, 0.1) is 5.82 Å². The van der Waals surface area contributed by atoms with Gasteiger partial charge in [0.2, 0.25) is 5.88 Å². The van der Waals surface area contributed by atoms with Crippen molar-refractivity contribution in [3.05, 3.63) is 51.9 Å². The number of hydrogen-bond donors (Lipinski definition) is 1. The zero-order valence-corrected chi connectivity index (χ0v) is 12.9. The molecule has 2 rings (SSSR count). The summed E-state index contributed by atoms with van der Waals surface area (Å²) in [5, 5.41) is 9.10. The number of ether oxygens (including phenoxy) is 1. The average Bonchev–Trinajstić information content (AvgIpc) is 2.43. The third-order valence-corrected chi connectivity index (χ3v) is 3.36. The summed E-state index contributed by atoms with van der Waals surface area (Å²) in [5.74, 6) is -1.12. The van der Waals surface area contributed by atoms with Crippen LogP contribution < -0.4 is 4.74 Å². The predicted octanol–water partition coefficient (Wildman–Crippen LogP) is 4.43. The van der Waals surface area contributed by atoms with Crippen molar-refractivity contribution in [2.75, 3.05) is 0 Å². The van der Waals surface area contributed by atoms with E-state index < -0.39 is 11.8 Å². The van der Waals surface area contributed by atoms with E-state index in [9.17, 15) is 9.18 Å². The van der Waals surface area contributed by atoms with Crippen LogP contribution in [0.3, 0.4) is 0 Å². The Bertz CT molecular complexity index is 676. The van der Waals surface area contributed by atoms with Crippen molar-refractivity contribution < 1.29 is 19.0 Å². The van der Waals surface area contributed by atoms with Gasteiger partial charge < -0.3 is 9.84 Å².